The van der Waals surface area contributed by atoms with E-state index in [1.165, 1.54) is 6.07 Å². The fourth-order valence-electron chi connectivity index (χ4n) is 3.43. The van der Waals surface area contributed by atoms with Gasteiger partial charge in [0.05, 0.1) is 13.2 Å². The summed E-state index contributed by atoms with van der Waals surface area (Å²) in [6.07, 6.45) is 0.116. The van der Waals surface area contributed by atoms with E-state index in [2.05, 4.69) is 20.5 Å². The lowest BCUT2D eigenvalue weighted by atomic mass is 10.1. The molecule has 0 radical (unpaired) electrons. The summed E-state index contributed by atoms with van der Waals surface area (Å²) in [7, 11) is 0. The van der Waals surface area contributed by atoms with Gasteiger partial charge in [0.1, 0.15) is 24.2 Å². The van der Waals surface area contributed by atoms with Crippen molar-refractivity contribution >= 4 is 22.5 Å². The minimum absolute atomic E-state index is 0.0527. The lowest BCUT2D eigenvalue weighted by Gasteiger charge is -2.28. The van der Waals surface area contributed by atoms with Crippen LogP contribution < -0.4 is 25.7 Å². The highest BCUT2D eigenvalue weighted by molar-refractivity contribution is 5.79. The van der Waals surface area contributed by atoms with Crippen LogP contribution in [0.1, 0.15) is 26.7 Å². The van der Waals surface area contributed by atoms with E-state index in [0.717, 1.165) is 10.9 Å². The molecule has 3 rings (SSSR count). The molecule has 0 unspecified atom stereocenters. The second-order valence-electron chi connectivity index (χ2n) is 9.11. The van der Waals surface area contributed by atoms with Crippen molar-refractivity contribution in [3.05, 3.63) is 76.4 Å². The zero-order chi connectivity index (χ0) is 26.0. The predicted octanol–water partition coefficient (Wildman–Crippen LogP) is 3.16. The number of hydrogen-bond donors (Lipinski definition) is 4. The molecule has 0 saturated carbocycles. The minimum Gasteiger partial charge on any atom is -0.502 e. The molecule has 1 amide bonds. The number of pyridine rings is 1. The summed E-state index contributed by atoms with van der Waals surface area (Å²) in [6, 6.07) is 15.5. The highest BCUT2D eigenvalue weighted by Gasteiger charge is 2.20. The molecule has 9 nitrogen and oxygen atoms in total. The van der Waals surface area contributed by atoms with Crippen LogP contribution in [-0.4, -0.2) is 53.9 Å². The molecule has 0 spiro atoms. The predicted molar refractivity (Wildman–Crippen MR) is 139 cm³/mol. The molecular formula is C27H32N4O5. The van der Waals surface area contributed by atoms with E-state index < -0.39 is 11.6 Å². The number of aliphatic hydroxyl groups is 1. The average Bonchev–Trinajstić information content (AvgIpc) is 2.87. The van der Waals surface area contributed by atoms with Gasteiger partial charge in [0.2, 0.25) is 17.2 Å². The highest BCUT2D eigenvalue weighted by atomic mass is 16.5. The molecule has 0 aliphatic heterocycles. The van der Waals surface area contributed by atoms with Gasteiger partial charge < -0.3 is 30.2 Å². The second-order valence-corrected chi connectivity index (χ2v) is 9.11. The van der Waals surface area contributed by atoms with Crippen LogP contribution in [0.4, 0.5) is 5.69 Å². The van der Waals surface area contributed by atoms with Crippen molar-refractivity contribution in [3.63, 3.8) is 0 Å². The van der Waals surface area contributed by atoms with E-state index in [0.29, 0.717) is 43.2 Å². The lowest BCUT2D eigenvalue weighted by molar-refractivity contribution is -0.121. The number of rotatable bonds is 13. The molecule has 0 bridgehead atoms. The van der Waals surface area contributed by atoms with Crippen LogP contribution in [0, 0.1) is 6.57 Å². The largest absolute Gasteiger partial charge is 0.502 e. The quantitative estimate of drug-likeness (QED) is 0.215. The number of hydrogen-bond acceptors (Lipinski definition) is 6. The molecule has 2 aromatic carbocycles. The standard InChI is InChI=1S/C27H32N4O5/c1-27(2,30-16-20(32)17-36-24-8-5-4-7-23(24)28-3)18-29-25(33)9-6-14-35-21-11-12-22-19(15-21)10-13-26(34)31-22/h4-5,7-8,10-13,15,20,30,32H,6,9,14,16-18H2,1-2H3,(H,29,33)(H,31,34)/t20-/m0/s1. The van der Waals surface area contributed by atoms with Crippen molar-refractivity contribution < 1.29 is 19.4 Å². The minimum atomic E-state index is -0.772. The van der Waals surface area contributed by atoms with Crippen LogP contribution >= 0.6 is 0 Å². The Balaban J connectivity index is 1.31. The maximum Gasteiger partial charge on any atom is 0.248 e. The van der Waals surface area contributed by atoms with Crippen molar-refractivity contribution in [3.8, 4) is 11.5 Å². The first kappa shape index (κ1) is 26.7. The fraction of sp³-hybridized carbons (Fsp3) is 0.370. The van der Waals surface area contributed by atoms with Crippen LogP contribution in [0.2, 0.25) is 0 Å². The van der Waals surface area contributed by atoms with Gasteiger partial charge in [-0.25, -0.2) is 4.85 Å². The van der Waals surface area contributed by atoms with E-state index in [1.807, 2.05) is 19.9 Å². The van der Waals surface area contributed by atoms with Crippen LogP contribution in [0.15, 0.2) is 59.4 Å². The third-order valence-electron chi connectivity index (χ3n) is 5.47. The monoisotopic (exact) mass is 492 g/mol. The summed E-state index contributed by atoms with van der Waals surface area (Å²) < 4.78 is 11.3. The number of aromatic nitrogens is 1. The zero-order valence-corrected chi connectivity index (χ0v) is 20.5. The van der Waals surface area contributed by atoms with E-state index in [1.54, 1.807) is 42.5 Å². The molecule has 36 heavy (non-hydrogen) atoms. The van der Waals surface area contributed by atoms with Gasteiger partial charge in [-0.05, 0) is 50.6 Å². The highest BCUT2D eigenvalue weighted by Crippen LogP contribution is 2.26. The second kappa shape index (κ2) is 12.7. The van der Waals surface area contributed by atoms with Crippen molar-refractivity contribution in [2.45, 2.75) is 38.3 Å². The van der Waals surface area contributed by atoms with Crippen molar-refractivity contribution in [2.75, 3.05) is 26.3 Å². The van der Waals surface area contributed by atoms with Gasteiger partial charge in [-0.3, -0.25) is 9.59 Å². The Morgan fingerprint density at radius 3 is 2.78 bits per heavy atom. The maximum atomic E-state index is 12.2. The van der Waals surface area contributed by atoms with E-state index in [9.17, 15) is 14.7 Å². The molecule has 0 fully saturated rings. The topological polar surface area (TPSA) is 117 Å². The van der Waals surface area contributed by atoms with Gasteiger partial charge in [0, 0.05) is 42.0 Å². The number of amides is 1. The Morgan fingerprint density at radius 2 is 1.97 bits per heavy atom. The van der Waals surface area contributed by atoms with Crippen LogP contribution in [0.25, 0.3) is 15.7 Å². The Bertz CT molecular complexity index is 1260. The molecule has 0 aliphatic carbocycles. The lowest BCUT2D eigenvalue weighted by Crippen LogP contribution is -2.51. The van der Waals surface area contributed by atoms with Crippen LogP contribution in [-0.2, 0) is 4.79 Å². The Morgan fingerprint density at radius 1 is 1.17 bits per heavy atom. The molecule has 3 aromatic rings. The van der Waals surface area contributed by atoms with Crippen molar-refractivity contribution in [1.29, 1.82) is 0 Å². The summed E-state index contributed by atoms with van der Waals surface area (Å²) in [5, 5.41) is 17.3. The summed E-state index contributed by atoms with van der Waals surface area (Å²) >= 11 is 0. The van der Waals surface area contributed by atoms with Crippen LogP contribution in [0.5, 0.6) is 11.5 Å². The molecular weight excluding hydrogens is 460 g/mol. The number of fused-ring (bicyclic) bond motifs is 1. The Kier molecular flexibility index (Phi) is 9.45. The SMILES string of the molecule is [C-]#[N+]c1ccccc1OC[C@@H](O)CNC(C)(C)CNC(=O)CCCOc1ccc2[nH]c(=O)ccc2c1. The number of ether oxygens (including phenoxy) is 2. The first-order chi connectivity index (χ1) is 17.3. The molecule has 0 aliphatic rings. The van der Waals surface area contributed by atoms with Crippen molar-refractivity contribution in [1.82, 2.24) is 15.6 Å². The summed E-state index contributed by atoms with van der Waals surface area (Å²) in [5.74, 6) is 1.05. The van der Waals surface area contributed by atoms with Gasteiger partial charge in [0.25, 0.3) is 0 Å². The molecule has 0 saturated heterocycles. The van der Waals surface area contributed by atoms with Gasteiger partial charge in [-0.2, -0.15) is 0 Å². The number of carbonyl (C=O) groups excluding carboxylic acids is 1. The molecule has 1 aromatic heterocycles. The zero-order valence-electron chi connectivity index (χ0n) is 20.5. The molecule has 1 heterocycles. The first-order valence-electron chi connectivity index (χ1n) is 11.8. The normalized spacial score (nSPS) is 12.1. The third-order valence-corrected chi connectivity index (χ3v) is 5.47. The Hall–Kier alpha value is -3.87. The average molecular weight is 493 g/mol. The van der Waals surface area contributed by atoms with Crippen LogP contribution in [0.3, 0.4) is 0 Å². The summed E-state index contributed by atoms with van der Waals surface area (Å²) in [4.78, 5) is 29.8. The van der Waals surface area contributed by atoms with Gasteiger partial charge in [-0.15, -0.1) is 0 Å². The maximum absolute atomic E-state index is 12.2. The van der Waals surface area contributed by atoms with Gasteiger partial charge in [0.15, 0.2) is 0 Å². The fourth-order valence-corrected chi connectivity index (χ4v) is 3.43. The first-order valence-corrected chi connectivity index (χ1v) is 11.8. The number of β-amino-alcohol motifs (C(OH)–C–C–N with tert-alkyl or cyclic N) is 1. The molecule has 190 valence electrons. The molecule has 4 N–H and O–H groups in total. The number of nitrogens with one attached hydrogen (secondary N) is 3. The third kappa shape index (κ3) is 8.41. The smallest absolute Gasteiger partial charge is 0.248 e. The summed E-state index contributed by atoms with van der Waals surface area (Å²) in [6.45, 7) is 12.1. The number of aromatic amines is 1. The number of para-hydroxylation sites is 2. The number of H-pyrrole nitrogens is 1. The van der Waals surface area contributed by atoms with Gasteiger partial charge >= 0.3 is 0 Å². The van der Waals surface area contributed by atoms with E-state index in [-0.39, 0.29) is 24.6 Å². The van der Waals surface area contributed by atoms with E-state index >= 15 is 0 Å². The number of nitrogens with zero attached hydrogens (tertiary/aromatic N) is 1. The van der Waals surface area contributed by atoms with Crippen molar-refractivity contribution in [2.24, 2.45) is 0 Å². The number of carbonyl (C=O) groups is 1. The summed E-state index contributed by atoms with van der Waals surface area (Å²) in [5.41, 5.74) is 0.565. The number of benzene rings is 2. The molecule has 1 atom stereocenters. The van der Waals surface area contributed by atoms with E-state index in [4.69, 9.17) is 16.0 Å². The number of aliphatic hydroxyl groups excluding tert-OH is 1. The Labute approximate surface area is 210 Å². The van der Waals surface area contributed by atoms with Gasteiger partial charge in [-0.1, -0.05) is 18.2 Å². The molecule has 9 heteroatoms.